The standard InChI is InChI=1S/C17H17NO/c1-2-16(13-14-9-5-3-6-10-14)18-17(19)15-11-7-4-8-12-15/h2-12,16H,1,13H2,(H,18,19). The number of nitrogens with one attached hydrogen (secondary N) is 1. The molecule has 2 rings (SSSR count). The van der Waals surface area contributed by atoms with Crippen LogP contribution in [0, 0.1) is 0 Å². The third-order valence-electron chi connectivity index (χ3n) is 2.94. The molecule has 0 saturated heterocycles. The van der Waals surface area contributed by atoms with E-state index in [4.69, 9.17) is 0 Å². The van der Waals surface area contributed by atoms with E-state index in [2.05, 4.69) is 11.9 Å². The number of amides is 1. The van der Waals surface area contributed by atoms with Gasteiger partial charge in [-0.15, -0.1) is 6.58 Å². The molecule has 2 aromatic carbocycles. The van der Waals surface area contributed by atoms with E-state index in [-0.39, 0.29) is 11.9 Å². The molecule has 0 aliphatic heterocycles. The highest BCUT2D eigenvalue weighted by Crippen LogP contribution is 2.05. The van der Waals surface area contributed by atoms with Gasteiger partial charge in [0.1, 0.15) is 0 Å². The van der Waals surface area contributed by atoms with Crippen LogP contribution in [-0.2, 0) is 6.42 Å². The van der Waals surface area contributed by atoms with Crippen molar-refractivity contribution in [2.24, 2.45) is 0 Å². The monoisotopic (exact) mass is 251 g/mol. The second kappa shape index (κ2) is 6.55. The lowest BCUT2D eigenvalue weighted by Crippen LogP contribution is -2.34. The van der Waals surface area contributed by atoms with Crippen LogP contribution in [0.2, 0.25) is 0 Å². The number of hydrogen-bond acceptors (Lipinski definition) is 1. The molecule has 0 aromatic heterocycles. The maximum absolute atomic E-state index is 12.0. The molecule has 1 unspecified atom stereocenters. The first-order valence-corrected chi connectivity index (χ1v) is 6.32. The van der Waals surface area contributed by atoms with Crippen molar-refractivity contribution in [2.45, 2.75) is 12.5 Å². The summed E-state index contributed by atoms with van der Waals surface area (Å²) in [5.74, 6) is -0.0681. The highest BCUT2D eigenvalue weighted by molar-refractivity contribution is 5.94. The van der Waals surface area contributed by atoms with Crippen molar-refractivity contribution in [1.82, 2.24) is 5.32 Å². The molecular weight excluding hydrogens is 234 g/mol. The first kappa shape index (κ1) is 13.1. The van der Waals surface area contributed by atoms with Gasteiger partial charge in [-0.2, -0.15) is 0 Å². The Morgan fingerprint density at radius 2 is 1.63 bits per heavy atom. The summed E-state index contributed by atoms with van der Waals surface area (Å²) in [6.07, 6.45) is 2.52. The Hall–Kier alpha value is -2.35. The molecule has 0 radical (unpaired) electrons. The van der Waals surface area contributed by atoms with E-state index in [1.807, 2.05) is 48.5 Å². The molecule has 0 heterocycles. The lowest BCUT2D eigenvalue weighted by Gasteiger charge is -2.15. The fraction of sp³-hybridized carbons (Fsp3) is 0.118. The van der Waals surface area contributed by atoms with Crippen molar-refractivity contribution < 1.29 is 4.79 Å². The Labute approximate surface area is 113 Å². The van der Waals surface area contributed by atoms with Gasteiger partial charge in [-0.25, -0.2) is 0 Å². The Morgan fingerprint density at radius 3 is 2.21 bits per heavy atom. The number of hydrogen-bond donors (Lipinski definition) is 1. The summed E-state index contributed by atoms with van der Waals surface area (Å²) in [4.78, 5) is 12.0. The first-order valence-electron chi connectivity index (χ1n) is 6.32. The topological polar surface area (TPSA) is 29.1 Å². The molecule has 2 nitrogen and oxygen atoms in total. The van der Waals surface area contributed by atoms with Crippen molar-refractivity contribution in [3.05, 3.63) is 84.4 Å². The van der Waals surface area contributed by atoms with Gasteiger partial charge in [0.05, 0.1) is 6.04 Å². The van der Waals surface area contributed by atoms with Gasteiger partial charge in [-0.05, 0) is 24.1 Å². The van der Waals surface area contributed by atoms with Crippen molar-refractivity contribution in [1.29, 1.82) is 0 Å². The van der Waals surface area contributed by atoms with Gasteiger partial charge < -0.3 is 5.32 Å². The first-order chi connectivity index (χ1) is 9.29. The van der Waals surface area contributed by atoms with Gasteiger partial charge in [0.2, 0.25) is 0 Å². The molecule has 0 saturated carbocycles. The van der Waals surface area contributed by atoms with Crippen molar-refractivity contribution in [2.75, 3.05) is 0 Å². The fourth-order valence-electron chi connectivity index (χ4n) is 1.90. The Balaban J connectivity index is 2.00. The van der Waals surface area contributed by atoms with Crippen LogP contribution in [0.15, 0.2) is 73.3 Å². The van der Waals surface area contributed by atoms with E-state index in [0.717, 1.165) is 6.42 Å². The molecule has 0 aliphatic rings. The molecule has 2 aromatic rings. The summed E-state index contributed by atoms with van der Waals surface area (Å²) in [5.41, 5.74) is 1.85. The number of carbonyl (C=O) groups is 1. The molecule has 1 atom stereocenters. The summed E-state index contributed by atoms with van der Waals surface area (Å²) >= 11 is 0. The van der Waals surface area contributed by atoms with Gasteiger partial charge in [0, 0.05) is 5.56 Å². The molecule has 2 heteroatoms. The highest BCUT2D eigenvalue weighted by Gasteiger charge is 2.10. The van der Waals surface area contributed by atoms with Gasteiger partial charge in [0.15, 0.2) is 0 Å². The second-order valence-corrected chi connectivity index (χ2v) is 4.37. The van der Waals surface area contributed by atoms with Crippen LogP contribution in [-0.4, -0.2) is 11.9 Å². The Morgan fingerprint density at radius 1 is 1.05 bits per heavy atom. The van der Waals surface area contributed by atoms with Gasteiger partial charge >= 0.3 is 0 Å². The van der Waals surface area contributed by atoms with E-state index < -0.39 is 0 Å². The third-order valence-corrected chi connectivity index (χ3v) is 2.94. The molecule has 0 aliphatic carbocycles. The zero-order valence-electron chi connectivity index (χ0n) is 10.8. The predicted octanol–water partition coefficient (Wildman–Crippen LogP) is 3.21. The average molecular weight is 251 g/mol. The second-order valence-electron chi connectivity index (χ2n) is 4.37. The van der Waals surface area contributed by atoms with E-state index in [9.17, 15) is 4.79 Å². The van der Waals surface area contributed by atoms with Crippen LogP contribution in [0.3, 0.4) is 0 Å². The zero-order chi connectivity index (χ0) is 13.5. The van der Waals surface area contributed by atoms with Crippen molar-refractivity contribution in [3.8, 4) is 0 Å². The van der Waals surface area contributed by atoms with Crippen LogP contribution in [0.25, 0.3) is 0 Å². The van der Waals surface area contributed by atoms with Crippen molar-refractivity contribution >= 4 is 5.91 Å². The molecule has 19 heavy (non-hydrogen) atoms. The maximum atomic E-state index is 12.0. The fourth-order valence-corrected chi connectivity index (χ4v) is 1.90. The zero-order valence-corrected chi connectivity index (χ0v) is 10.8. The smallest absolute Gasteiger partial charge is 0.251 e. The Bertz CT molecular complexity index is 534. The van der Waals surface area contributed by atoms with E-state index in [1.165, 1.54) is 5.56 Å². The number of rotatable bonds is 5. The molecular formula is C17H17NO. The van der Waals surface area contributed by atoms with Crippen LogP contribution < -0.4 is 5.32 Å². The predicted molar refractivity (Wildman–Crippen MR) is 78.0 cm³/mol. The maximum Gasteiger partial charge on any atom is 0.251 e. The van der Waals surface area contributed by atoms with Crippen molar-refractivity contribution in [3.63, 3.8) is 0 Å². The lowest BCUT2D eigenvalue weighted by atomic mass is 10.1. The molecule has 0 bridgehead atoms. The minimum absolute atomic E-state index is 0.0601. The van der Waals surface area contributed by atoms with Crippen LogP contribution in [0.4, 0.5) is 0 Å². The lowest BCUT2D eigenvalue weighted by molar-refractivity contribution is 0.0944. The third kappa shape index (κ3) is 3.81. The minimum Gasteiger partial charge on any atom is -0.346 e. The summed E-state index contributed by atoms with van der Waals surface area (Å²) in [7, 11) is 0. The molecule has 1 N–H and O–H groups in total. The SMILES string of the molecule is C=CC(Cc1ccccc1)NC(=O)c1ccccc1. The average Bonchev–Trinajstić information content (AvgIpc) is 2.48. The summed E-state index contributed by atoms with van der Waals surface area (Å²) in [6.45, 7) is 3.79. The molecule has 1 amide bonds. The van der Waals surface area contributed by atoms with Crippen LogP contribution in [0.5, 0.6) is 0 Å². The Kier molecular flexibility index (Phi) is 4.51. The summed E-state index contributed by atoms with van der Waals surface area (Å²) in [5, 5.41) is 2.97. The van der Waals surface area contributed by atoms with Crippen LogP contribution in [0.1, 0.15) is 15.9 Å². The molecule has 96 valence electrons. The van der Waals surface area contributed by atoms with E-state index in [0.29, 0.717) is 5.56 Å². The van der Waals surface area contributed by atoms with Gasteiger partial charge in [-0.3, -0.25) is 4.79 Å². The quantitative estimate of drug-likeness (QED) is 0.812. The van der Waals surface area contributed by atoms with E-state index in [1.54, 1.807) is 18.2 Å². The number of benzene rings is 2. The summed E-state index contributed by atoms with van der Waals surface area (Å²) < 4.78 is 0. The van der Waals surface area contributed by atoms with E-state index >= 15 is 0 Å². The number of carbonyl (C=O) groups excluding carboxylic acids is 1. The highest BCUT2D eigenvalue weighted by atomic mass is 16.1. The summed E-state index contributed by atoms with van der Waals surface area (Å²) in [6, 6.07) is 19.2. The van der Waals surface area contributed by atoms with Gasteiger partial charge in [-0.1, -0.05) is 54.6 Å². The van der Waals surface area contributed by atoms with Gasteiger partial charge in [0.25, 0.3) is 5.91 Å². The molecule has 0 fully saturated rings. The van der Waals surface area contributed by atoms with Crippen LogP contribution >= 0.6 is 0 Å². The minimum atomic E-state index is -0.0681. The normalized spacial score (nSPS) is 11.6. The molecule has 0 spiro atoms. The largest absolute Gasteiger partial charge is 0.346 e.